The third-order valence-corrected chi connectivity index (χ3v) is 5.06. The van der Waals surface area contributed by atoms with Crippen LogP contribution < -0.4 is 19.5 Å². The highest BCUT2D eigenvalue weighted by Crippen LogP contribution is 2.48. The van der Waals surface area contributed by atoms with E-state index in [1.807, 2.05) is 0 Å². The van der Waals surface area contributed by atoms with E-state index in [2.05, 4.69) is 5.32 Å². The SMILES string of the molecule is CNc1cccc(Oc2c(OC)cc3c(c2OC)CCN(CCC=O)C3=O)c1[N+](=O)[O-]. The van der Waals surface area contributed by atoms with Gasteiger partial charge in [0.1, 0.15) is 12.0 Å². The van der Waals surface area contributed by atoms with E-state index in [9.17, 15) is 19.7 Å². The summed E-state index contributed by atoms with van der Waals surface area (Å²) in [4.78, 5) is 36.3. The Bertz CT molecular complexity index is 1020. The van der Waals surface area contributed by atoms with Crippen molar-refractivity contribution in [3.63, 3.8) is 0 Å². The standard InChI is InChI=1S/C21H23N3O7/c1-22-15-6-4-7-16(18(15)24(27)28)31-20-17(29-2)12-14-13(19(20)30-3)8-10-23(21(14)26)9-5-11-25/h4,6-7,11-12,22H,5,8-10H2,1-3H3. The number of nitro groups is 1. The lowest BCUT2D eigenvalue weighted by atomic mass is 9.96. The lowest BCUT2D eigenvalue weighted by Gasteiger charge is -2.30. The average Bonchev–Trinajstić information content (AvgIpc) is 2.77. The number of hydrogen-bond donors (Lipinski definition) is 1. The fourth-order valence-corrected chi connectivity index (χ4v) is 3.60. The number of para-hydroxylation sites is 1. The second kappa shape index (κ2) is 9.33. The molecule has 31 heavy (non-hydrogen) atoms. The predicted molar refractivity (Wildman–Crippen MR) is 113 cm³/mol. The van der Waals surface area contributed by atoms with Gasteiger partial charge in [-0.1, -0.05) is 6.07 Å². The molecule has 0 fully saturated rings. The minimum Gasteiger partial charge on any atom is -0.493 e. The molecule has 0 bridgehead atoms. The molecule has 10 heteroatoms. The van der Waals surface area contributed by atoms with E-state index < -0.39 is 4.92 Å². The van der Waals surface area contributed by atoms with Crippen LogP contribution in [0.3, 0.4) is 0 Å². The van der Waals surface area contributed by atoms with Crippen molar-refractivity contribution in [2.75, 3.05) is 39.7 Å². The van der Waals surface area contributed by atoms with Crippen molar-refractivity contribution in [1.29, 1.82) is 0 Å². The molecule has 1 aliphatic heterocycles. The molecular formula is C21H23N3O7. The lowest BCUT2D eigenvalue weighted by molar-refractivity contribution is -0.384. The molecule has 1 aliphatic rings. The van der Waals surface area contributed by atoms with E-state index in [1.54, 1.807) is 24.1 Å². The Labute approximate surface area is 178 Å². The molecule has 164 valence electrons. The molecule has 10 nitrogen and oxygen atoms in total. The molecule has 0 saturated carbocycles. The number of fused-ring (bicyclic) bond motifs is 1. The largest absolute Gasteiger partial charge is 0.493 e. The number of carbonyl (C=O) groups is 2. The summed E-state index contributed by atoms with van der Waals surface area (Å²) in [5, 5.41) is 14.4. The van der Waals surface area contributed by atoms with E-state index in [1.165, 1.54) is 26.4 Å². The third-order valence-electron chi connectivity index (χ3n) is 5.06. The van der Waals surface area contributed by atoms with Gasteiger partial charge >= 0.3 is 5.69 Å². The summed E-state index contributed by atoms with van der Waals surface area (Å²) >= 11 is 0. The topological polar surface area (TPSA) is 120 Å². The predicted octanol–water partition coefficient (Wildman–Crippen LogP) is 3.03. The highest BCUT2D eigenvalue weighted by molar-refractivity contribution is 5.98. The van der Waals surface area contributed by atoms with Crippen LogP contribution in [0.4, 0.5) is 11.4 Å². The lowest BCUT2D eigenvalue weighted by Crippen LogP contribution is -2.38. The molecule has 3 rings (SSSR count). The van der Waals surface area contributed by atoms with Crippen LogP contribution in [0.15, 0.2) is 24.3 Å². The van der Waals surface area contributed by atoms with Gasteiger partial charge in [0, 0.05) is 32.1 Å². The van der Waals surface area contributed by atoms with Crippen molar-refractivity contribution in [2.45, 2.75) is 12.8 Å². The fraction of sp³-hybridized carbons (Fsp3) is 0.333. The smallest absolute Gasteiger partial charge is 0.334 e. The Morgan fingerprint density at radius 1 is 1.23 bits per heavy atom. The average molecular weight is 429 g/mol. The van der Waals surface area contributed by atoms with Crippen LogP contribution in [-0.2, 0) is 11.2 Å². The number of rotatable bonds is 9. The number of anilines is 1. The quantitative estimate of drug-likeness (QED) is 0.367. The first-order valence-corrected chi connectivity index (χ1v) is 9.60. The molecular weight excluding hydrogens is 406 g/mol. The van der Waals surface area contributed by atoms with Crippen molar-refractivity contribution >= 4 is 23.6 Å². The number of hydrogen-bond acceptors (Lipinski definition) is 8. The number of nitro benzene ring substituents is 1. The van der Waals surface area contributed by atoms with E-state index in [0.717, 1.165) is 6.29 Å². The van der Waals surface area contributed by atoms with Gasteiger partial charge in [-0.3, -0.25) is 14.9 Å². The van der Waals surface area contributed by atoms with E-state index in [-0.39, 0.29) is 41.0 Å². The zero-order valence-corrected chi connectivity index (χ0v) is 17.5. The van der Waals surface area contributed by atoms with Gasteiger partial charge in [-0.2, -0.15) is 0 Å². The van der Waals surface area contributed by atoms with Crippen LogP contribution in [0.2, 0.25) is 0 Å². The Hall–Kier alpha value is -3.82. The molecule has 2 aromatic carbocycles. The summed E-state index contributed by atoms with van der Waals surface area (Å²) in [6.45, 7) is 0.741. The molecule has 0 atom stereocenters. The Balaban J connectivity index is 2.11. The maximum absolute atomic E-state index is 12.9. The minimum atomic E-state index is -0.535. The summed E-state index contributed by atoms with van der Waals surface area (Å²) < 4.78 is 16.9. The van der Waals surface area contributed by atoms with Crippen LogP contribution in [0, 0.1) is 10.1 Å². The summed E-state index contributed by atoms with van der Waals surface area (Å²) in [5.74, 6) is 0.388. The van der Waals surface area contributed by atoms with Crippen molar-refractivity contribution in [2.24, 2.45) is 0 Å². The van der Waals surface area contributed by atoms with Crippen LogP contribution in [0.25, 0.3) is 0 Å². The van der Waals surface area contributed by atoms with Gasteiger partial charge in [-0.05, 0) is 24.6 Å². The zero-order valence-electron chi connectivity index (χ0n) is 17.5. The summed E-state index contributed by atoms with van der Waals surface area (Å²) in [6, 6.07) is 6.21. The van der Waals surface area contributed by atoms with Crippen molar-refractivity contribution in [3.8, 4) is 23.0 Å². The molecule has 0 radical (unpaired) electrons. The zero-order chi connectivity index (χ0) is 22.5. The Kier molecular flexibility index (Phi) is 6.58. The Morgan fingerprint density at radius 3 is 2.61 bits per heavy atom. The van der Waals surface area contributed by atoms with E-state index in [0.29, 0.717) is 36.3 Å². The second-order valence-electron chi connectivity index (χ2n) is 6.73. The number of nitrogens with zero attached hydrogens (tertiary/aromatic N) is 2. The van der Waals surface area contributed by atoms with E-state index >= 15 is 0 Å². The van der Waals surface area contributed by atoms with Gasteiger partial charge in [0.25, 0.3) is 5.91 Å². The number of aldehydes is 1. The van der Waals surface area contributed by atoms with Gasteiger partial charge in [0.2, 0.25) is 11.5 Å². The second-order valence-corrected chi connectivity index (χ2v) is 6.73. The third kappa shape index (κ3) is 4.09. The van der Waals surface area contributed by atoms with Crippen molar-refractivity contribution in [3.05, 3.63) is 45.5 Å². The maximum atomic E-state index is 12.9. The van der Waals surface area contributed by atoms with Gasteiger partial charge in [0.15, 0.2) is 11.5 Å². The monoisotopic (exact) mass is 429 g/mol. The first-order chi connectivity index (χ1) is 15.0. The van der Waals surface area contributed by atoms with Crippen LogP contribution in [-0.4, -0.2) is 56.4 Å². The molecule has 0 unspecified atom stereocenters. The number of nitrogens with one attached hydrogen (secondary N) is 1. The summed E-state index contributed by atoms with van der Waals surface area (Å²) in [6.07, 6.45) is 1.50. The summed E-state index contributed by atoms with van der Waals surface area (Å²) in [5.41, 5.74) is 1.07. The summed E-state index contributed by atoms with van der Waals surface area (Å²) in [7, 11) is 4.42. The van der Waals surface area contributed by atoms with Crippen molar-refractivity contribution < 1.29 is 28.7 Å². The van der Waals surface area contributed by atoms with Crippen LogP contribution in [0.1, 0.15) is 22.3 Å². The normalized spacial score (nSPS) is 12.7. The Morgan fingerprint density at radius 2 is 2.00 bits per heavy atom. The fourth-order valence-electron chi connectivity index (χ4n) is 3.60. The highest BCUT2D eigenvalue weighted by atomic mass is 16.6. The number of benzene rings is 2. The molecule has 0 aliphatic carbocycles. The van der Waals surface area contributed by atoms with Gasteiger partial charge in [-0.25, -0.2) is 0 Å². The van der Waals surface area contributed by atoms with Gasteiger partial charge in [0.05, 0.1) is 24.7 Å². The van der Waals surface area contributed by atoms with Crippen molar-refractivity contribution in [1.82, 2.24) is 4.90 Å². The molecule has 1 heterocycles. The number of carbonyl (C=O) groups excluding carboxylic acids is 2. The molecule has 0 spiro atoms. The van der Waals surface area contributed by atoms with E-state index in [4.69, 9.17) is 14.2 Å². The number of amides is 1. The van der Waals surface area contributed by atoms with Gasteiger partial charge < -0.3 is 29.2 Å². The first-order valence-electron chi connectivity index (χ1n) is 9.60. The maximum Gasteiger partial charge on any atom is 0.334 e. The molecule has 0 aromatic heterocycles. The molecule has 0 saturated heterocycles. The number of ether oxygens (including phenoxy) is 3. The van der Waals surface area contributed by atoms with Crippen LogP contribution >= 0.6 is 0 Å². The highest BCUT2D eigenvalue weighted by Gasteiger charge is 2.32. The minimum absolute atomic E-state index is 0.00291. The number of methoxy groups -OCH3 is 2. The molecule has 1 N–H and O–H groups in total. The first kappa shape index (κ1) is 21.9. The molecule has 2 aromatic rings. The molecule has 1 amide bonds. The van der Waals surface area contributed by atoms with Gasteiger partial charge in [-0.15, -0.1) is 0 Å². The van der Waals surface area contributed by atoms with Crippen LogP contribution in [0.5, 0.6) is 23.0 Å².